The van der Waals surface area contributed by atoms with Crippen molar-refractivity contribution in [2.24, 2.45) is 16.3 Å². The molecule has 3 atom stereocenters. The summed E-state index contributed by atoms with van der Waals surface area (Å²) in [5.74, 6) is 0.914. The van der Waals surface area contributed by atoms with Crippen molar-refractivity contribution < 1.29 is 0 Å². The van der Waals surface area contributed by atoms with E-state index in [9.17, 15) is 0 Å². The Labute approximate surface area is 90.8 Å². The molecule has 1 heterocycles. The van der Waals surface area contributed by atoms with E-state index in [1.807, 2.05) is 0 Å². The van der Waals surface area contributed by atoms with Crippen LogP contribution in [-0.4, -0.2) is 15.3 Å². The Bertz CT molecular complexity index is 333. The predicted octanol–water partition coefficient (Wildman–Crippen LogP) is 3.49. The lowest BCUT2D eigenvalue weighted by Gasteiger charge is -2.41. The molecule has 14 heavy (non-hydrogen) atoms. The molecule has 0 aromatic heterocycles. The molecule has 2 aliphatic carbocycles. The summed E-state index contributed by atoms with van der Waals surface area (Å²) < 4.78 is 0.439. The van der Waals surface area contributed by atoms with Crippen molar-refractivity contribution in [3.63, 3.8) is 0 Å². The molecule has 3 aliphatic rings. The zero-order valence-electron chi connectivity index (χ0n) is 9.55. The van der Waals surface area contributed by atoms with Gasteiger partial charge in [0, 0.05) is 0 Å². The topological polar surface area (TPSA) is 12.4 Å². The minimum Gasteiger partial charge on any atom is -0.275 e. The second-order valence-corrected chi connectivity index (χ2v) is 7.49. The zero-order chi connectivity index (χ0) is 10.2. The summed E-state index contributed by atoms with van der Waals surface area (Å²) in [6.07, 6.45) is 4.13. The van der Waals surface area contributed by atoms with Gasteiger partial charge >= 0.3 is 0 Å². The van der Waals surface area contributed by atoms with Crippen LogP contribution in [0.4, 0.5) is 0 Å². The summed E-state index contributed by atoms with van der Waals surface area (Å²) in [4.78, 5) is 4.93. The summed E-state index contributed by atoms with van der Waals surface area (Å²) in [5.41, 5.74) is 0.752. The summed E-state index contributed by atoms with van der Waals surface area (Å²) in [6.45, 7) is 9.51. The van der Waals surface area contributed by atoms with Gasteiger partial charge in [-0.3, -0.25) is 4.99 Å². The quantitative estimate of drug-likeness (QED) is 0.595. The summed E-state index contributed by atoms with van der Waals surface area (Å²) >= 11 is 2.08. The highest BCUT2D eigenvalue weighted by Crippen LogP contribution is 2.73. The highest BCUT2D eigenvalue weighted by Gasteiger charge is 2.72. The van der Waals surface area contributed by atoms with Crippen LogP contribution < -0.4 is 0 Å². The van der Waals surface area contributed by atoms with Crippen LogP contribution in [0.2, 0.25) is 0 Å². The average Bonchev–Trinajstić information content (AvgIpc) is 2.50. The smallest absolute Gasteiger partial charge is 0.0747 e. The van der Waals surface area contributed by atoms with Gasteiger partial charge < -0.3 is 0 Å². The highest BCUT2D eigenvalue weighted by atomic mass is 32.2. The molecular formula is C12H19NS. The molecule has 0 radical (unpaired) electrons. The van der Waals surface area contributed by atoms with Crippen molar-refractivity contribution in [3.05, 3.63) is 0 Å². The second kappa shape index (κ2) is 2.23. The number of fused-ring (bicyclic) bond motifs is 1. The van der Waals surface area contributed by atoms with Crippen molar-refractivity contribution in [1.29, 1.82) is 0 Å². The van der Waals surface area contributed by atoms with Gasteiger partial charge in [-0.15, -0.1) is 11.8 Å². The van der Waals surface area contributed by atoms with Crippen molar-refractivity contribution in [3.8, 4) is 0 Å². The van der Waals surface area contributed by atoms with Crippen LogP contribution in [0.25, 0.3) is 0 Å². The van der Waals surface area contributed by atoms with E-state index in [0.29, 0.717) is 10.2 Å². The number of aliphatic imine (C=N–C) groups is 1. The molecule has 2 bridgehead atoms. The maximum atomic E-state index is 4.93. The van der Waals surface area contributed by atoms with E-state index in [2.05, 4.69) is 39.5 Å². The van der Waals surface area contributed by atoms with Crippen molar-refractivity contribution in [2.75, 3.05) is 0 Å². The molecule has 0 amide bonds. The van der Waals surface area contributed by atoms with Crippen LogP contribution in [-0.2, 0) is 0 Å². The van der Waals surface area contributed by atoms with Crippen LogP contribution in [0, 0.1) is 11.3 Å². The minimum absolute atomic E-state index is 0.258. The Hall–Kier alpha value is 0.0200. The normalized spacial score (nSPS) is 53.4. The molecule has 0 saturated heterocycles. The largest absolute Gasteiger partial charge is 0.275 e. The number of nitrogens with zero attached hydrogens (tertiary/aromatic N) is 1. The van der Waals surface area contributed by atoms with E-state index in [1.54, 1.807) is 0 Å². The van der Waals surface area contributed by atoms with E-state index in [1.165, 1.54) is 24.3 Å². The van der Waals surface area contributed by atoms with Gasteiger partial charge in [0.25, 0.3) is 0 Å². The number of thioether (sulfide) groups is 1. The standard InChI is InChI=1S/C12H19NS/c1-8-13-11(4)7-9-5-6-12(11,14-8)10(9,2)3/h9H,5-7H2,1-4H3/t9?,11-,12?/m0/s1. The molecule has 1 nitrogen and oxygen atoms in total. The van der Waals surface area contributed by atoms with E-state index in [4.69, 9.17) is 4.99 Å². The summed E-state index contributed by atoms with van der Waals surface area (Å²) in [6, 6.07) is 0. The van der Waals surface area contributed by atoms with Crippen molar-refractivity contribution >= 4 is 16.8 Å². The monoisotopic (exact) mass is 209 g/mol. The fourth-order valence-electron chi connectivity index (χ4n) is 4.41. The van der Waals surface area contributed by atoms with Crippen LogP contribution in [0.5, 0.6) is 0 Å². The third-order valence-electron chi connectivity index (χ3n) is 5.15. The number of hydrogen-bond donors (Lipinski definition) is 0. The molecule has 0 N–H and O–H groups in total. The third-order valence-corrected chi connectivity index (χ3v) is 7.05. The second-order valence-electron chi connectivity index (χ2n) is 6.00. The number of hydrogen-bond acceptors (Lipinski definition) is 2. The molecule has 3 rings (SSSR count). The molecule has 2 fully saturated rings. The molecule has 78 valence electrons. The fraction of sp³-hybridized carbons (Fsp3) is 0.917. The average molecular weight is 209 g/mol. The Balaban J connectivity index is 2.16. The third kappa shape index (κ3) is 0.720. The molecule has 2 heteroatoms. The lowest BCUT2D eigenvalue weighted by molar-refractivity contribution is 0.265. The summed E-state index contributed by atoms with van der Waals surface area (Å²) in [7, 11) is 0. The summed E-state index contributed by atoms with van der Waals surface area (Å²) in [5, 5.41) is 1.32. The minimum atomic E-state index is 0.258. The first-order valence-electron chi connectivity index (χ1n) is 5.67. The van der Waals surface area contributed by atoms with Gasteiger partial charge in [0.1, 0.15) is 0 Å². The van der Waals surface area contributed by atoms with Crippen LogP contribution in [0.15, 0.2) is 4.99 Å². The Morgan fingerprint density at radius 2 is 2.07 bits per heavy atom. The Kier molecular flexibility index (Phi) is 1.48. The van der Waals surface area contributed by atoms with Crippen LogP contribution in [0.3, 0.4) is 0 Å². The molecule has 2 saturated carbocycles. The van der Waals surface area contributed by atoms with Gasteiger partial charge in [-0.05, 0) is 44.4 Å². The maximum absolute atomic E-state index is 4.93. The van der Waals surface area contributed by atoms with Gasteiger partial charge in [0.2, 0.25) is 0 Å². The molecule has 0 aromatic rings. The van der Waals surface area contributed by atoms with Gasteiger partial charge in [-0.25, -0.2) is 0 Å². The van der Waals surface area contributed by atoms with Crippen molar-refractivity contribution in [1.82, 2.24) is 0 Å². The first-order chi connectivity index (χ1) is 6.41. The number of rotatable bonds is 0. The van der Waals surface area contributed by atoms with Gasteiger partial charge in [-0.2, -0.15) is 0 Å². The first kappa shape index (κ1) is 9.26. The highest BCUT2D eigenvalue weighted by molar-refractivity contribution is 8.15. The van der Waals surface area contributed by atoms with E-state index in [0.717, 1.165) is 5.92 Å². The van der Waals surface area contributed by atoms with E-state index in [-0.39, 0.29) is 5.54 Å². The fourth-order valence-corrected chi connectivity index (χ4v) is 6.16. The molecule has 1 aliphatic heterocycles. The zero-order valence-corrected chi connectivity index (χ0v) is 10.4. The maximum Gasteiger partial charge on any atom is 0.0747 e. The first-order valence-corrected chi connectivity index (χ1v) is 6.48. The Morgan fingerprint density at radius 3 is 2.64 bits per heavy atom. The lowest BCUT2D eigenvalue weighted by Crippen LogP contribution is -2.47. The van der Waals surface area contributed by atoms with Crippen LogP contribution >= 0.6 is 11.8 Å². The van der Waals surface area contributed by atoms with Crippen LogP contribution in [0.1, 0.15) is 47.0 Å². The lowest BCUT2D eigenvalue weighted by atomic mass is 9.76. The Morgan fingerprint density at radius 1 is 1.36 bits per heavy atom. The van der Waals surface area contributed by atoms with Crippen molar-refractivity contribution in [2.45, 2.75) is 57.2 Å². The van der Waals surface area contributed by atoms with E-state index >= 15 is 0 Å². The molecule has 0 aromatic carbocycles. The van der Waals surface area contributed by atoms with Gasteiger partial charge in [-0.1, -0.05) is 13.8 Å². The van der Waals surface area contributed by atoms with Gasteiger partial charge in [0.05, 0.1) is 15.3 Å². The molecular weight excluding hydrogens is 190 g/mol. The SMILES string of the molecule is CC1=N[C@@]2(C)CC3CCC2(S1)C3(C)C. The van der Waals surface area contributed by atoms with Gasteiger partial charge in [0.15, 0.2) is 0 Å². The molecule has 2 unspecified atom stereocenters. The predicted molar refractivity (Wildman–Crippen MR) is 63.0 cm³/mol. The molecule has 1 spiro atoms. The van der Waals surface area contributed by atoms with E-state index < -0.39 is 0 Å².